The Morgan fingerprint density at radius 1 is 1.30 bits per heavy atom. The molecule has 0 aliphatic carbocycles. The summed E-state index contributed by atoms with van der Waals surface area (Å²) < 4.78 is 15.9. The molecule has 20 heavy (non-hydrogen) atoms. The second kappa shape index (κ2) is 7.14. The number of carbonyl (C=O) groups excluding carboxylic acids is 1. The first-order valence-corrected chi connectivity index (χ1v) is 6.85. The zero-order chi connectivity index (χ0) is 14.4. The van der Waals surface area contributed by atoms with Crippen molar-refractivity contribution in [3.63, 3.8) is 0 Å². The van der Waals surface area contributed by atoms with Gasteiger partial charge in [0.2, 0.25) is 0 Å². The van der Waals surface area contributed by atoms with Crippen molar-refractivity contribution >= 4 is 5.97 Å². The number of carbonyl (C=O) groups is 1. The highest BCUT2D eigenvalue weighted by atomic mass is 16.5. The van der Waals surface area contributed by atoms with Gasteiger partial charge < -0.3 is 19.5 Å². The number of hydrogen-bond donors (Lipinski definition) is 1. The van der Waals surface area contributed by atoms with E-state index in [1.807, 2.05) is 0 Å². The molecule has 1 saturated heterocycles. The molecule has 2 rings (SSSR count). The van der Waals surface area contributed by atoms with E-state index in [1.165, 1.54) is 7.11 Å². The van der Waals surface area contributed by atoms with Gasteiger partial charge in [-0.25, -0.2) is 4.79 Å². The van der Waals surface area contributed by atoms with Crippen LogP contribution in [0, 0.1) is 5.92 Å². The number of hydrogen-bond acceptors (Lipinski definition) is 5. The van der Waals surface area contributed by atoms with Crippen LogP contribution in [0.2, 0.25) is 0 Å². The van der Waals surface area contributed by atoms with E-state index in [1.54, 1.807) is 25.3 Å². The lowest BCUT2D eigenvalue weighted by molar-refractivity contribution is 0.0593. The van der Waals surface area contributed by atoms with Gasteiger partial charge >= 0.3 is 5.97 Å². The molecule has 0 amide bonds. The molecule has 1 aliphatic heterocycles. The van der Waals surface area contributed by atoms with Gasteiger partial charge in [-0.05, 0) is 44.0 Å². The SMILES string of the molecule is COC(=O)c1cccc(OC)c1OCC1CCNCC1. The van der Waals surface area contributed by atoms with E-state index in [4.69, 9.17) is 14.2 Å². The Bertz CT molecular complexity index is 455. The summed E-state index contributed by atoms with van der Waals surface area (Å²) in [4.78, 5) is 11.8. The fourth-order valence-corrected chi connectivity index (χ4v) is 2.35. The Hall–Kier alpha value is -1.75. The van der Waals surface area contributed by atoms with Crippen LogP contribution in [-0.2, 0) is 4.74 Å². The standard InChI is InChI=1S/C15H21NO4/c1-18-13-5-3-4-12(15(17)19-2)14(13)20-10-11-6-8-16-9-7-11/h3-5,11,16H,6-10H2,1-2H3. The van der Waals surface area contributed by atoms with Crippen LogP contribution in [0.4, 0.5) is 0 Å². The highest BCUT2D eigenvalue weighted by Gasteiger charge is 2.20. The van der Waals surface area contributed by atoms with Crippen molar-refractivity contribution < 1.29 is 19.0 Å². The first-order chi connectivity index (χ1) is 9.76. The smallest absolute Gasteiger partial charge is 0.341 e. The molecule has 0 radical (unpaired) electrons. The average molecular weight is 279 g/mol. The minimum Gasteiger partial charge on any atom is -0.493 e. The zero-order valence-corrected chi connectivity index (χ0v) is 12.0. The average Bonchev–Trinajstić information content (AvgIpc) is 2.52. The van der Waals surface area contributed by atoms with Gasteiger partial charge in [0.15, 0.2) is 11.5 Å². The number of esters is 1. The maximum atomic E-state index is 11.8. The van der Waals surface area contributed by atoms with Crippen LogP contribution in [0.5, 0.6) is 11.5 Å². The summed E-state index contributed by atoms with van der Waals surface area (Å²) in [6.07, 6.45) is 2.17. The maximum absolute atomic E-state index is 11.8. The highest BCUT2D eigenvalue weighted by molar-refractivity contribution is 5.93. The van der Waals surface area contributed by atoms with E-state index in [2.05, 4.69) is 5.32 Å². The zero-order valence-electron chi connectivity index (χ0n) is 12.0. The van der Waals surface area contributed by atoms with Crippen molar-refractivity contribution in [3.05, 3.63) is 23.8 Å². The fourth-order valence-electron chi connectivity index (χ4n) is 2.35. The molecule has 1 aliphatic rings. The number of para-hydroxylation sites is 1. The van der Waals surface area contributed by atoms with E-state index in [-0.39, 0.29) is 0 Å². The van der Waals surface area contributed by atoms with Crippen molar-refractivity contribution in [1.82, 2.24) is 5.32 Å². The quantitative estimate of drug-likeness (QED) is 0.834. The minimum absolute atomic E-state index is 0.404. The molecule has 0 saturated carbocycles. The molecule has 5 heteroatoms. The van der Waals surface area contributed by atoms with Crippen molar-refractivity contribution in [2.45, 2.75) is 12.8 Å². The summed E-state index contributed by atoms with van der Waals surface area (Å²) in [5.74, 6) is 1.12. The predicted molar refractivity (Wildman–Crippen MR) is 75.4 cm³/mol. The molecule has 0 aromatic heterocycles. The lowest BCUT2D eigenvalue weighted by Gasteiger charge is -2.23. The van der Waals surface area contributed by atoms with Gasteiger partial charge in [-0.15, -0.1) is 0 Å². The van der Waals surface area contributed by atoms with Gasteiger partial charge in [0.25, 0.3) is 0 Å². The van der Waals surface area contributed by atoms with Crippen LogP contribution < -0.4 is 14.8 Å². The van der Waals surface area contributed by atoms with E-state index in [0.717, 1.165) is 25.9 Å². The summed E-state index contributed by atoms with van der Waals surface area (Å²) in [6, 6.07) is 5.22. The van der Waals surface area contributed by atoms with Crippen LogP contribution >= 0.6 is 0 Å². The number of ether oxygens (including phenoxy) is 3. The van der Waals surface area contributed by atoms with Gasteiger partial charge in [0.05, 0.1) is 20.8 Å². The first-order valence-electron chi connectivity index (χ1n) is 6.85. The number of methoxy groups -OCH3 is 2. The normalized spacial score (nSPS) is 15.7. The molecular weight excluding hydrogens is 258 g/mol. The third kappa shape index (κ3) is 3.42. The molecular formula is C15H21NO4. The van der Waals surface area contributed by atoms with Crippen LogP contribution in [-0.4, -0.2) is 39.9 Å². The number of nitrogens with one attached hydrogen (secondary N) is 1. The van der Waals surface area contributed by atoms with Crippen molar-refractivity contribution in [2.24, 2.45) is 5.92 Å². The molecule has 1 N–H and O–H groups in total. The molecule has 0 atom stereocenters. The highest BCUT2D eigenvalue weighted by Crippen LogP contribution is 2.32. The van der Waals surface area contributed by atoms with Crippen LogP contribution in [0.1, 0.15) is 23.2 Å². The largest absolute Gasteiger partial charge is 0.493 e. The third-order valence-corrected chi connectivity index (χ3v) is 3.53. The van der Waals surface area contributed by atoms with Crippen molar-refractivity contribution in [3.8, 4) is 11.5 Å². The predicted octanol–water partition coefficient (Wildman–Crippen LogP) is 1.86. The first kappa shape index (κ1) is 14.7. The minimum atomic E-state index is -0.413. The van der Waals surface area contributed by atoms with E-state index in [9.17, 15) is 4.79 Å². The Labute approximate surface area is 119 Å². The van der Waals surface area contributed by atoms with Crippen LogP contribution in [0.3, 0.4) is 0 Å². The van der Waals surface area contributed by atoms with Crippen LogP contribution in [0.15, 0.2) is 18.2 Å². The molecule has 0 spiro atoms. The molecule has 0 unspecified atom stereocenters. The molecule has 1 aromatic carbocycles. The van der Waals surface area contributed by atoms with Crippen molar-refractivity contribution in [2.75, 3.05) is 33.9 Å². The van der Waals surface area contributed by atoms with Gasteiger partial charge in [0, 0.05) is 0 Å². The van der Waals surface area contributed by atoms with E-state index >= 15 is 0 Å². The Balaban J connectivity index is 2.13. The third-order valence-electron chi connectivity index (χ3n) is 3.53. The van der Waals surface area contributed by atoms with Gasteiger partial charge in [0.1, 0.15) is 5.56 Å². The topological polar surface area (TPSA) is 56.8 Å². The maximum Gasteiger partial charge on any atom is 0.341 e. The Kier molecular flexibility index (Phi) is 5.24. The van der Waals surface area contributed by atoms with Gasteiger partial charge in [-0.1, -0.05) is 6.07 Å². The lowest BCUT2D eigenvalue weighted by Crippen LogP contribution is -2.30. The fraction of sp³-hybridized carbons (Fsp3) is 0.533. The van der Waals surface area contributed by atoms with Crippen LogP contribution in [0.25, 0.3) is 0 Å². The van der Waals surface area contributed by atoms with Gasteiger partial charge in [-0.3, -0.25) is 0 Å². The summed E-state index contributed by atoms with van der Waals surface area (Å²) in [6.45, 7) is 2.62. The monoisotopic (exact) mass is 279 g/mol. The van der Waals surface area contributed by atoms with Crippen molar-refractivity contribution in [1.29, 1.82) is 0 Å². The second-order valence-electron chi connectivity index (χ2n) is 4.83. The Morgan fingerprint density at radius 3 is 2.70 bits per heavy atom. The molecule has 1 fully saturated rings. The summed E-state index contributed by atoms with van der Waals surface area (Å²) >= 11 is 0. The molecule has 5 nitrogen and oxygen atoms in total. The summed E-state index contributed by atoms with van der Waals surface area (Å²) in [5.41, 5.74) is 0.404. The lowest BCUT2D eigenvalue weighted by atomic mass is 9.99. The number of benzene rings is 1. The van der Waals surface area contributed by atoms with E-state index in [0.29, 0.717) is 29.6 Å². The number of piperidine rings is 1. The summed E-state index contributed by atoms with van der Waals surface area (Å²) in [5, 5.41) is 3.32. The molecule has 1 heterocycles. The Morgan fingerprint density at radius 2 is 2.05 bits per heavy atom. The molecule has 1 aromatic rings. The number of rotatable bonds is 5. The van der Waals surface area contributed by atoms with Gasteiger partial charge in [-0.2, -0.15) is 0 Å². The molecule has 0 bridgehead atoms. The van der Waals surface area contributed by atoms with E-state index < -0.39 is 5.97 Å². The second-order valence-corrected chi connectivity index (χ2v) is 4.83. The molecule has 110 valence electrons. The summed E-state index contributed by atoms with van der Waals surface area (Å²) in [7, 11) is 2.92.